The summed E-state index contributed by atoms with van der Waals surface area (Å²) >= 11 is 0. The molecule has 16 heavy (non-hydrogen) atoms. The van der Waals surface area contributed by atoms with Gasteiger partial charge >= 0.3 is 5.97 Å². The van der Waals surface area contributed by atoms with E-state index in [-0.39, 0.29) is 5.41 Å². The summed E-state index contributed by atoms with van der Waals surface area (Å²) in [6, 6.07) is -0.768. The van der Waals surface area contributed by atoms with E-state index in [2.05, 4.69) is 18.7 Å². The van der Waals surface area contributed by atoms with Crippen LogP contribution in [0.15, 0.2) is 0 Å². The molecule has 1 aliphatic rings. The fourth-order valence-electron chi connectivity index (χ4n) is 2.11. The zero-order valence-electron chi connectivity index (χ0n) is 10.1. The van der Waals surface area contributed by atoms with Crippen LogP contribution < -0.4 is 5.73 Å². The van der Waals surface area contributed by atoms with E-state index in [9.17, 15) is 4.79 Å². The molecule has 1 saturated heterocycles. The molecule has 3 N–H and O–H groups in total. The molecule has 1 heterocycles. The first-order valence-corrected chi connectivity index (χ1v) is 5.69. The van der Waals surface area contributed by atoms with E-state index in [1.165, 1.54) is 0 Å². The molecule has 1 aliphatic heterocycles. The van der Waals surface area contributed by atoms with Crippen molar-refractivity contribution >= 4 is 5.97 Å². The Morgan fingerprint density at radius 3 is 2.56 bits per heavy atom. The van der Waals surface area contributed by atoms with Gasteiger partial charge < -0.3 is 15.6 Å². The molecule has 0 aliphatic carbocycles. The number of morpholine rings is 1. The number of hydrogen-bond acceptors (Lipinski definition) is 4. The van der Waals surface area contributed by atoms with Gasteiger partial charge in [0.2, 0.25) is 0 Å². The van der Waals surface area contributed by atoms with Crippen molar-refractivity contribution in [2.24, 2.45) is 11.1 Å². The first-order chi connectivity index (χ1) is 7.41. The number of hydrogen-bond donors (Lipinski definition) is 2. The van der Waals surface area contributed by atoms with Gasteiger partial charge in [0.15, 0.2) is 0 Å². The molecule has 0 spiro atoms. The van der Waals surface area contributed by atoms with Crippen LogP contribution in [0.1, 0.15) is 20.3 Å². The maximum Gasteiger partial charge on any atom is 0.320 e. The highest BCUT2D eigenvalue weighted by atomic mass is 16.5. The van der Waals surface area contributed by atoms with E-state index in [4.69, 9.17) is 15.6 Å². The van der Waals surface area contributed by atoms with Crippen LogP contribution in [0.3, 0.4) is 0 Å². The molecule has 0 aromatic rings. The highest BCUT2D eigenvalue weighted by Crippen LogP contribution is 2.23. The van der Waals surface area contributed by atoms with Gasteiger partial charge in [-0.1, -0.05) is 13.8 Å². The quantitative estimate of drug-likeness (QED) is 0.703. The summed E-state index contributed by atoms with van der Waals surface area (Å²) in [4.78, 5) is 13.0. The predicted octanol–water partition coefficient (Wildman–Crippen LogP) is 0.147. The number of nitrogens with two attached hydrogens (primary N) is 1. The molecule has 5 nitrogen and oxygen atoms in total. The Hall–Kier alpha value is -0.650. The maximum absolute atomic E-state index is 10.7. The van der Waals surface area contributed by atoms with Gasteiger partial charge in [0.05, 0.1) is 13.2 Å². The van der Waals surface area contributed by atoms with Crippen molar-refractivity contribution in [3.05, 3.63) is 0 Å². The van der Waals surface area contributed by atoms with Crippen molar-refractivity contribution < 1.29 is 14.6 Å². The van der Waals surface area contributed by atoms with Gasteiger partial charge in [-0.2, -0.15) is 0 Å². The van der Waals surface area contributed by atoms with Crippen molar-refractivity contribution in [2.45, 2.75) is 26.3 Å². The molecule has 0 bridgehead atoms. The zero-order valence-corrected chi connectivity index (χ0v) is 10.1. The van der Waals surface area contributed by atoms with Gasteiger partial charge in [-0.05, 0) is 11.8 Å². The normalized spacial score (nSPS) is 20.7. The lowest BCUT2D eigenvalue weighted by Crippen LogP contribution is -2.44. The monoisotopic (exact) mass is 230 g/mol. The van der Waals surface area contributed by atoms with Crippen molar-refractivity contribution in [3.8, 4) is 0 Å². The Bertz CT molecular complexity index is 237. The lowest BCUT2D eigenvalue weighted by molar-refractivity contribution is -0.139. The van der Waals surface area contributed by atoms with Gasteiger partial charge in [0, 0.05) is 19.6 Å². The summed E-state index contributed by atoms with van der Waals surface area (Å²) < 4.78 is 5.27. The average molecular weight is 230 g/mol. The van der Waals surface area contributed by atoms with Gasteiger partial charge in [0.25, 0.3) is 0 Å². The summed E-state index contributed by atoms with van der Waals surface area (Å²) in [6.07, 6.45) is 0.500. The van der Waals surface area contributed by atoms with Gasteiger partial charge in [-0.25, -0.2) is 0 Å². The molecule has 1 unspecified atom stereocenters. The smallest absolute Gasteiger partial charge is 0.320 e. The molecule has 1 fully saturated rings. The molecule has 1 rings (SSSR count). The number of rotatable bonds is 5. The van der Waals surface area contributed by atoms with Crippen LogP contribution in [0.5, 0.6) is 0 Å². The maximum atomic E-state index is 10.7. The van der Waals surface area contributed by atoms with E-state index < -0.39 is 12.0 Å². The zero-order chi connectivity index (χ0) is 12.2. The van der Waals surface area contributed by atoms with Crippen LogP contribution in [0, 0.1) is 5.41 Å². The van der Waals surface area contributed by atoms with Gasteiger partial charge in [-0.3, -0.25) is 9.69 Å². The van der Waals surface area contributed by atoms with Crippen LogP contribution in [-0.4, -0.2) is 54.9 Å². The van der Waals surface area contributed by atoms with E-state index >= 15 is 0 Å². The van der Waals surface area contributed by atoms with E-state index in [1.807, 2.05) is 0 Å². The van der Waals surface area contributed by atoms with Crippen LogP contribution in [0.2, 0.25) is 0 Å². The van der Waals surface area contributed by atoms with Crippen molar-refractivity contribution in [2.75, 3.05) is 32.8 Å². The number of aliphatic carboxylic acids is 1. The second-order valence-corrected chi connectivity index (χ2v) is 5.20. The second-order valence-electron chi connectivity index (χ2n) is 5.20. The van der Waals surface area contributed by atoms with Gasteiger partial charge in [0.1, 0.15) is 6.04 Å². The van der Waals surface area contributed by atoms with Crippen molar-refractivity contribution in [1.29, 1.82) is 0 Å². The fraction of sp³-hybridized carbons (Fsp3) is 0.909. The number of ether oxygens (including phenoxy) is 1. The molecular weight excluding hydrogens is 208 g/mol. The van der Waals surface area contributed by atoms with Crippen LogP contribution in [0.25, 0.3) is 0 Å². The Morgan fingerprint density at radius 2 is 2.06 bits per heavy atom. The van der Waals surface area contributed by atoms with E-state index in [0.29, 0.717) is 6.42 Å². The van der Waals surface area contributed by atoms with Crippen LogP contribution in [0.4, 0.5) is 0 Å². The standard InChI is InChI=1S/C11H22N2O3/c1-11(2,7-9(12)10(14)15)8-13-3-5-16-6-4-13/h9H,3-8,12H2,1-2H3,(H,14,15). The van der Waals surface area contributed by atoms with E-state index in [0.717, 1.165) is 32.8 Å². The minimum absolute atomic E-state index is 0.0743. The summed E-state index contributed by atoms with van der Waals surface area (Å²) in [5.74, 6) is -0.921. The van der Waals surface area contributed by atoms with Crippen molar-refractivity contribution in [1.82, 2.24) is 4.90 Å². The summed E-state index contributed by atoms with van der Waals surface area (Å²) in [7, 11) is 0. The lowest BCUT2D eigenvalue weighted by atomic mass is 9.85. The molecule has 94 valence electrons. The number of nitrogens with zero attached hydrogens (tertiary/aromatic N) is 1. The molecular formula is C11H22N2O3. The first-order valence-electron chi connectivity index (χ1n) is 5.69. The average Bonchev–Trinajstić information content (AvgIpc) is 2.17. The topological polar surface area (TPSA) is 75.8 Å². The van der Waals surface area contributed by atoms with Crippen LogP contribution >= 0.6 is 0 Å². The predicted molar refractivity (Wildman–Crippen MR) is 61.3 cm³/mol. The fourth-order valence-corrected chi connectivity index (χ4v) is 2.11. The summed E-state index contributed by atoms with van der Waals surface area (Å²) in [5, 5.41) is 8.79. The Labute approximate surface area is 96.6 Å². The van der Waals surface area contributed by atoms with Gasteiger partial charge in [-0.15, -0.1) is 0 Å². The summed E-state index contributed by atoms with van der Waals surface area (Å²) in [5.41, 5.74) is 5.49. The third-order valence-electron chi connectivity index (χ3n) is 2.85. The largest absolute Gasteiger partial charge is 0.480 e. The molecule has 0 amide bonds. The molecule has 0 radical (unpaired) electrons. The third-order valence-corrected chi connectivity index (χ3v) is 2.85. The SMILES string of the molecule is CC(C)(CC(N)C(=O)O)CN1CCOCC1. The second kappa shape index (κ2) is 5.61. The number of carbonyl (C=O) groups is 1. The van der Waals surface area contributed by atoms with Crippen LogP contribution in [-0.2, 0) is 9.53 Å². The van der Waals surface area contributed by atoms with Crippen molar-refractivity contribution in [3.63, 3.8) is 0 Å². The molecule has 0 aromatic heterocycles. The minimum atomic E-state index is -0.921. The minimum Gasteiger partial charge on any atom is -0.480 e. The first kappa shape index (κ1) is 13.4. The Balaban J connectivity index is 2.40. The number of carboxylic acid groups (broad SMARTS) is 1. The molecule has 1 atom stereocenters. The Kier molecular flexibility index (Phi) is 4.70. The molecule has 0 aromatic carbocycles. The highest BCUT2D eigenvalue weighted by molar-refractivity contribution is 5.73. The molecule has 0 saturated carbocycles. The highest BCUT2D eigenvalue weighted by Gasteiger charge is 2.27. The Morgan fingerprint density at radius 1 is 1.50 bits per heavy atom. The molecule has 5 heteroatoms. The lowest BCUT2D eigenvalue weighted by Gasteiger charge is -2.35. The number of carboxylic acids is 1. The third kappa shape index (κ3) is 4.47. The van der Waals surface area contributed by atoms with E-state index in [1.54, 1.807) is 0 Å². The summed E-state index contributed by atoms with van der Waals surface area (Å²) in [6.45, 7) is 8.37.